The third-order valence-corrected chi connectivity index (χ3v) is 0.897. The molecule has 2 nitrogen and oxygen atoms in total. The molecule has 0 saturated heterocycles. The molecule has 2 heteroatoms. The minimum atomic E-state index is 0.674. The van der Waals surface area contributed by atoms with Crippen LogP contribution in [0, 0.1) is 0 Å². The highest BCUT2D eigenvalue weighted by atomic mass is 16.5. The third-order valence-electron chi connectivity index (χ3n) is 0.897. The van der Waals surface area contributed by atoms with Gasteiger partial charge in [0.2, 0.25) is 0 Å². The molecule has 0 aromatic carbocycles. The highest BCUT2D eigenvalue weighted by Crippen LogP contribution is 1.77. The van der Waals surface area contributed by atoms with Gasteiger partial charge in [0.15, 0.2) is 0 Å². The summed E-state index contributed by atoms with van der Waals surface area (Å²) in [6, 6.07) is 0. The van der Waals surface area contributed by atoms with Crippen LogP contribution >= 0.6 is 0 Å². The summed E-state index contributed by atoms with van der Waals surface area (Å²) in [5, 5.41) is 0. The maximum Gasteiger partial charge on any atom is 0.0841 e. The Morgan fingerprint density at radius 3 is 2.62 bits per heavy atom. The van der Waals surface area contributed by atoms with Gasteiger partial charge < -0.3 is 4.74 Å². The van der Waals surface area contributed by atoms with Crippen LogP contribution in [0.3, 0.4) is 0 Å². The van der Waals surface area contributed by atoms with Crippen LogP contribution < -0.4 is 0 Å². The fourth-order valence-corrected chi connectivity index (χ4v) is 0.314. The molecule has 0 aliphatic carbocycles. The number of hydrogen-bond acceptors (Lipinski definition) is 2. The average Bonchev–Trinajstić information content (AvgIpc) is 1.83. The molecule has 0 fully saturated rings. The summed E-state index contributed by atoms with van der Waals surface area (Å²) in [5.74, 6) is 0. The normalized spacial score (nSPS) is 12.1. The second-order valence-corrected chi connectivity index (χ2v) is 1.60. The van der Waals surface area contributed by atoms with Crippen LogP contribution in [0.2, 0.25) is 0 Å². The molecule has 0 bridgehead atoms. The van der Waals surface area contributed by atoms with E-state index in [2.05, 4.69) is 4.99 Å². The van der Waals surface area contributed by atoms with E-state index in [4.69, 9.17) is 4.74 Å². The van der Waals surface area contributed by atoms with Crippen molar-refractivity contribution >= 4 is 5.71 Å². The molecule has 0 aromatic heterocycles. The maximum absolute atomic E-state index is 5.06. The van der Waals surface area contributed by atoms with Crippen LogP contribution in [0.1, 0.15) is 13.8 Å². The summed E-state index contributed by atoms with van der Waals surface area (Å²) in [6.07, 6.45) is 0. The number of rotatable bonds is 3. The Hall–Kier alpha value is -0.370. The first kappa shape index (κ1) is 7.63. The lowest BCUT2D eigenvalue weighted by Gasteiger charge is -1.96. The molecule has 0 radical (unpaired) electrons. The van der Waals surface area contributed by atoms with E-state index < -0.39 is 0 Å². The first-order chi connectivity index (χ1) is 3.81. The van der Waals surface area contributed by atoms with Gasteiger partial charge in [0.1, 0.15) is 0 Å². The van der Waals surface area contributed by atoms with Gasteiger partial charge in [-0.2, -0.15) is 0 Å². The van der Waals surface area contributed by atoms with Crippen molar-refractivity contribution in [3.8, 4) is 0 Å². The number of nitrogens with zero attached hydrogens (tertiary/aromatic N) is 1. The zero-order valence-electron chi connectivity index (χ0n) is 5.77. The molecular formula is C6H13NO. The first-order valence-electron chi connectivity index (χ1n) is 2.81. The number of hydrogen-bond donors (Lipinski definition) is 0. The fraction of sp³-hybridized carbons (Fsp3) is 0.833. The van der Waals surface area contributed by atoms with E-state index in [9.17, 15) is 0 Å². The van der Waals surface area contributed by atoms with E-state index in [1.807, 2.05) is 13.8 Å². The lowest BCUT2D eigenvalue weighted by atomic mass is 10.5. The van der Waals surface area contributed by atoms with E-state index in [1.54, 1.807) is 7.05 Å². The van der Waals surface area contributed by atoms with Gasteiger partial charge in [0.05, 0.1) is 6.61 Å². The second kappa shape index (κ2) is 4.78. The minimum absolute atomic E-state index is 0.674. The van der Waals surface area contributed by atoms with Crippen molar-refractivity contribution in [1.29, 1.82) is 0 Å². The summed E-state index contributed by atoms with van der Waals surface area (Å²) >= 11 is 0. The Labute approximate surface area is 50.6 Å². The molecular weight excluding hydrogens is 102 g/mol. The first-order valence-corrected chi connectivity index (χ1v) is 2.81. The molecule has 0 rings (SSSR count). The largest absolute Gasteiger partial charge is 0.376 e. The lowest BCUT2D eigenvalue weighted by Crippen LogP contribution is -2.03. The lowest BCUT2D eigenvalue weighted by molar-refractivity contribution is 0.187. The average molecular weight is 115 g/mol. The summed E-state index contributed by atoms with van der Waals surface area (Å²) in [4.78, 5) is 3.92. The van der Waals surface area contributed by atoms with Gasteiger partial charge in [0, 0.05) is 19.4 Å². The van der Waals surface area contributed by atoms with Crippen LogP contribution in [0.4, 0.5) is 0 Å². The highest BCUT2D eigenvalue weighted by Gasteiger charge is 1.84. The van der Waals surface area contributed by atoms with Gasteiger partial charge in [-0.25, -0.2) is 0 Å². The summed E-state index contributed by atoms with van der Waals surface area (Å²) < 4.78 is 5.06. The van der Waals surface area contributed by atoms with Crippen molar-refractivity contribution in [2.75, 3.05) is 20.3 Å². The summed E-state index contributed by atoms with van der Waals surface area (Å²) in [7, 11) is 1.77. The smallest absolute Gasteiger partial charge is 0.0841 e. The molecule has 0 spiro atoms. The van der Waals surface area contributed by atoms with E-state index in [0.29, 0.717) is 6.61 Å². The molecule has 0 saturated carbocycles. The molecule has 0 unspecified atom stereocenters. The van der Waals surface area contributed by atoms with E-state index in [-0.39, 0.29) is 0 Å². The molecule has 8 heavy (non-hydrogen) atoms. The Kier molecular flexibility index (Phi) is 4.56. The fourth-order valence-electron chi connectivity index (χ4n) is 0.314. The molecule has 0 N–H and O–H groups in total. The number of aliphatic imine (C=N–C) groups is 1. The predicted octanol–water partition coefficient (Wildman–Crippen LogP) is 1.11. The SMILES string of the molecule is CCOCC(C)=NC. The third kappa shape index (κ3) is 3.81. The van der Waals surface area contributed by atoms with Gasteiger partial charge >= 0.3 is 0 Å². The second-order valence-electron chi connectivity index (χ2n) is 1.60. The zero-order chi connectivity index (χ0) is 6.41. The quantitative estimate of drug-likeness (QED) is 0.505. The minimum Gasteiger partial charge on any atom is -0.376 e. The Morgan fingerprint density at radius 1 is 1.62 bits per heavy atom. The Morgan fingerprint density at radius 2 is 2.25 bits per heavy atom. The molecule has 0 aliphatic heterocycles. The van der Waals surface area contributed by atoms with Crippen molar-refractivity contribution in [1.82, 2.24) is 0 Å². The van der Waals surface area contributed by atoms with Crippen molar-refractivity contribution in [2.24, 2.45) is 4.99 Å². The molecule has 0 aromatic rings. The molecule has 0 aliphatic rings. The predicted molar refractivity (Wildman–Crippen MR) is 35.5 cm³/mol. The van der Waals surface area contributed by atoms with Crippen molar-refractivity contribution < 1.29 is 4.74 Å². The monoisotopic (exact) mass is 115 g/mol. The van der Waals surface area contributed by atoms with E-state index in [1.165, 1.54) is 0 Å². The van der Waals surface area contributed by atoms with Crippen molar-refractivity contribution in [3.05, 3.63) is 0 Å². The van der Waals surface area contributed by atoms with Crippen LogP contribution in [0.25, 0.3) is 0 Å². The maximum atomic E-state index is 5.06. The van der Waals surface area contributed by atoms with Crippen LogP contribution in [-0.4, -0.2) is 26.0 Å². The van der Waals surface area contributed by atoms with E-state index in [0.717, 1.165) is 12.3 Å². The molecule has 0 amide bonds. The molecule has 0 atom stereocenters. The van der Waals surface area contributed by atoms with Crippen molar-refractivity contribution in [3.63, 3.8) is 0 Å². The van der Waals surface area contributed by atoms with Gasteiger partial charge in [-0.1, -0.05) is 0 Å². The van der Waals surface area contributed by atoms with Gasteiger partial charge in [-0.05, 0) is 13.8 Å². The summed E-state index contributed by atoms with van der Waals surface area (Å²) in [6.45, 7) is 5.37. The van der Waals surface area contributed by atoms with Crippen molar-refractivity contribution in [2.45, 2.75) is 13.8 Å². The van der Waals surface area contributed by atoms with Gasteiger partial charge in [-0.3, -0.25) is 4.99 Å². The zero-order valence-corrected chi connectivity index (χ0v) is 5.77. The number of ether oxygens (including phenoxy) is 1. The Balaban J connectivity index is 3.12. The van der Waals surface area contributed by atoms with Crippen LogP contribution in [-0.2, 0) is 4.74 Å². The molecule has 0 heterocycles. The van der Waals surface area contributed by atoms with Crippen LogP contribution in [0.5, 0.6) is 0 Å². The van der Waals surface area contributed by atoms with Gasteiger partial charge in [-0.15, -0.1) is 0 Å². The summed E-state index contributed by atoms with van der Waals surface area (Å²) in [5.41, 5.74) is 1.05. The topological polar surface area (TPSA) is 21.6 Å². The van der Waals surface area contributed by atoms with E-state index >= 15 is 0 Å². The van der Waals surface area contributed by atoms with Gasteiger partial charge in [0.25, 0.3) is 0 Å². The Bertz CT molecular complexity index is 78.6. The standard InChI is InChI=1S/C6H13NO/c1-4-8-5-6(2)7-3/h4-5H2,1-3H3. The molecule has 48 valence electrons. The highest BCUT2D eigenvalue weighted by molar-refractivity contribution is 5.82. The van der Waals surface area contributed by atoms with Crippen LogP contribution in [0.15, 0.2) is 4.99 Å².